The predicted octanol–water partition coefficient (Wildman–Crippen LogP) is -1.69. The van der Waals surface area contributed by atoms with Crippen molar-refractivity contribution in [2.75, 3.05) is 0 Å². The van der Waals surface area contributed by atoms with Gasteiger partial charge >= 0.3 is 79.0 Å². The van der Waals surface area contributed by atoms with Crippen molar-refractivity contribution >= 4 is 25.6 Å². The van der Waals surface area contributed by atoms with Crippen molar-refractivity contribution in [1.82, 2.24) is 15.2 Å². The Balaban J connectivity index is 2.74. The number of carboxylic acid groups (broad SMARTS) is 1. The van der Waals surface area contributed by atoms with E-state index in [1.165, 1.54) is 0 Å². The fraction of sp³-hybridized carbons (Fsp3) is 0.333. The fourth-order valence-corrected chi connectivity index (χ4v) is 1.67. The second kappa shape index (κ2) is 4.15. The van der Waals surface area contributed by atoms with Gasteiger partial charge in [-0.1, -0.05) is 0 Å². The summed E-state index contributed by atoms with van der Waals surface area (Å²) in [5.41, 5.74) is -0.0212. The molecular formula is C6H7N3O3Se. The maximum absolute atomic E-state index is 11.0. The number of nitrogens with one attached hydrogen (secondary N) is 1. The molecule has 0 aliphatic rings. The van der Waals surface area contributed by atoms with Crippen LogP contribution in [0.1, 0.15) is 5.69 Å². The van der Waals surface area contributed by atoms with Crippen molar-refractivity contribution in [1.29, 1.82) is 0 Å². The van der Waals surface area contributed by atoms with Crippen molar-refractivity contribution in [2.45, 2.75) is 12.2 Å². The van der Waals surface area contributed by atoms with Crippen LogP contribution in [-0.4, -0.2) is 41.2 Å². The van der Waals surface area contributed by atoms with Gasteiger partial charge < -0.3 is 0 Å². The van der Waals surface area contributed by atoms with Crippen LogP contribution in [0.4, 0.5) is 0 Å². The zero-order valence-electron chi connectivity index (χ0n) is 6.77. The van der Waals surface area contributed by atoms with Gasteiger partial charge in [-0.2, -0.15) is 0 Å². The molecule has 0 amide bonds. The van der Waals surface area contributed by atoms with Crippen LogP contribution in [0.25, 0.3) is 0 Å². The summed E-state index contributed by atoms with van der Waals surface area (Å²) in [7, 11) is 0. The van der Waals surface area contributed by atoms with Crippen molar-refractivity contribution in [3.8, 4) is 0 Å². The number of aliphatic carboxylic acids is 1. The van der Waals surface area contributed by atoms with Gasteiger partial charge in [0.15, 0.2) is 0 Å². The van der Waals surface area contributed by atoms with Crippen molar-refractivity contribution in [2.24, 2.45) is 0 Å². The van der Waals surface area contributed by atoms with Gasteiger partial charge in [-0.25, -0.2) is 0 Å². The zero-order valence-corrected chi connectivity index (χ0v) is 8.49. The molecule has 1 heterocycles. The second-order valence-corrected chi connectivity index (χ2v) is 4.25. The Hall–Kier alpha value is -1.20. The van der Waals surface area contributed by atoms with Crippen LogP contribution in [0.15, 0.2) is 4.79 Å². The number of nitrogens with zero attached hydrogens (tertiary/aromatic N) is 2. The molecule has 0 aromatic carbocycles. The monoisotopic (exact) mass is 249 g/mol. The van der Waals surface area contributed by atoms with Gasteiger partial charge in [0.1, 0.15) is 0 Å². The maximum atomic E-state index is 11.0. The predicted molar refractivity (Wildman–Crippen MR) is 45.2 cm³/mol. The molecule has 0 atom stereocenters. The molecule has 1 rings (SSSR count). The van der Waals surface area contributed by atoms with E-state index < -0.39 is 5.97 Å². The molecule has 0 saturated carbocycles. The van der Waals surface area contributed by atoms with E-state index in [0.29, 0.717) is 4.72 Å². The molecule has 0 aliphatic carbocycles. The van der Waals surface area contributed by atoms with E-state index in [9.17, 15) is 9.59 Å². The first-order valence-electron chi connectivity index (χ1n) is 3.38. The van der Waals surface area contributed by atoms with E-state index >= 15 is 0 Å². The van der Waals surface area contributed by atoms with Gasteiger partial charge in [-0.05, 0) is 0 Å². The summed E-state index contributed by atoms with van der Waals surface area (Å²) in [6.07, 6.45) is 0. The molecule has 2 N–H and O–H groups in total. The average molecular weight is 248 g/mol. The molecule has 0 fully saturated rings. The Bertz CT molecular complexity index is 376. The van der Waals surface area contributed by atoms with E-state index in [-0.39, 0.29) is 31.5 Å². The number of hydrogen-bond acceptors (Lipinski definition) is 4. The van der Waals surface area contributed by atoms with Crippen LogP contribution in [0.3, 0.4) is 0 Å². The van der Waals surface area contributed by atoms with Crippen LogP contribution >= 0.6 is 0 Å². The number of aromatic amines is 1. The van der Waals surface area contributed by atoms with Gasteiger partial charge in [-0.15, -0.1) is 0 Å². The molecule has 0 saturated heterocycles. The third-order valence-corrected chi connectivity index (χ3v) is 2.95. The Kier molecular flexibility index (Phi) is 3.16. The minimum absolute atomic E-state index is 0.000676. The van der Waals surface area contributed by atoms with Crippen molar-refractivity contribution in [3.05, 3.63) is 16.0 Å². The van der Waals surface area contributed by atoms with Crippen LogP contribution in [0.5, 0.6) is 0 Å². The molecule has 0 aliphatic heterocycles. The van der Waals surface area contributed by atoms with Crippen molar-refractivity contribution < 1.29 is 9.90 Å². The number of H-pyrrole nitrogens is 1. The molecule has 0 spiro atoms. The normalized spacial score (nSPS) is 9.92. The number of carboxylic acids is 1. The zero-order chi connectivity index (χ0) is 9.84. The molecule has 70 valence electrons. The standard InChI is InChI=1S/C6H7N3O3Se/c1-3-5(12)7-6(9-8-3)13-2-4(10)11/h2H2,1H3,(H,10,11)(H,7,9,12). The first-order valence-corrected chi connectivity index (χ1v) is 5.44. The molecule has 1 aromatic rings. The Morgan fingerprint density at radius 1 is 1.62 bits per heavy atom. The van der Waals surface area contributed by atoms with Gasteiger partial charge in [0, 0.05) is 0 Å². The Labute approximate surface area is 79.6 Å². The molecule has 7 heteroatoms. The third-order valence-electron chi connectivity index (χ3n) is 1.17. The summed E-state index contributed by atoms with van der Waals surface area (Å²) in [6, 6.07) is 0. The summed E-state index contributed by atoms with van der Waals surface area (Å²) in [4.78, 5) is 23.7. The summed E-state index contributed by atoms with van der Waals surface area (Å²) in [5, 5.41) is 15.6. The number of aryl methyl sites for hydroxylation is 1. The topological polar surface area (TPSA) is 95.9 Å². The molecule has 0 bridgehead atoms. The molecule has 13 heavy (non-hydrogen) atoms. The third kappa shape index (κ3) is 2.96. The van der Waals surface area contributed by atoms with E-state index in [2.05, 4.69) is 15.2 Å². The van der Waals surface area contributed by atoms with Gasteiger partial charge in [0.2, 0.25) is 0 Å². The summed E-state index contributed by atoms with van der Waals surface area (Å²) in [5.74, 6) is -0.900. The van der Waals surface area contributed by atoms with E-state index in [4.69, 9.17) is 5.11 Å². The van der Waals surface area contributed by atoms with Gasteiger partial charge in [0.05, 0.1) is 0 Å². The summed E-state index contributed by atoms with van der Waals surface area (Å²) in [6.45, 7) is 1.54. The van der Waals surface area contributed by atoms with Crippen LogP contribution in [-0.2, 0) is 4.79 Å². The van der Waals surface area contributed by atoms with E-state index in [1.807, 2.05) is 0 Å². The fourth-order valence-electron chi connectivity index (χ4n) is 0.573. The number of carbonyl (C=O) groups is 1. The van der Waals surface area contributed by atoms with Crippen molar-refractivity contribution in [3.63, 3.8) is 0 Å². The van der Waals surface area contributed by atoms with Crippen LogP contribution < -0.4 is 10.3 Å². The Morgan fingerprint density at radius 2 is 2.31 bits per heavy atom. The first kappa shape index (κ1) is 9.88. The number of hydrogen-bond donors (Lipinski definition) is 2. The van der Waals surface area contributed by atoms with Gasteiger partial charge in [-0.3, -0.25) is 0 Å². The quantitative estimate of drug-likeness (QED) is 0.622. The van der Waals surface area contributed by atoms with E-state index in [1.54, 1.807) is 6.92 Å². The first-order chi connectivity index (χ1) is 6.09. The summed E-state index contributed by atoms with van der Waals surface area (Å²) >= 11 is -0.355. The van der Waals surface area contributed by atoms with Gasteiger partial charge in [0.25, 0.3) is 0 Å². The summed E-state index contributed by atoms with van der Waals surface area (Å²) < 4.78 is 0.366. The number of aromatic nitrogens is 3. The second-order valence-electron chi connectivity index (χ2n) is 2.23. The molecule has 1 aromatic heterocycles. The van der Waals surface area contributed by atoms with E-state index in [0.717, 1.165) is 0 Å². The Morgan fingerprint density at radius 3 is 2.85 bits per heavy atom. The average Bonchev–Trinajstić information content (AvgIpc) is 2.07. The molecular weight excluding hydrogens is 241 g/mol. The molecule has 0 radical (unpaired) electrons. The minimum atomic E-state index is -0.900. The molecule has 0 unspecified atom stereocenters. The molecule has 6 nitrogen and oxygen atoms in total. The van der Waals surface area contributed by atoms with Crippen LogP contribution in [0.2, 0.25) is 5.32 Å². The number of rotatable bonds is 3. The SMILES string of the molecule is Cc1nnc([Se]CC(=O)O)[nH]c1=O. The van der Waals surface area contributed by atoms with Crippen LogP contribution in [0, 0.1) is 6.92 Å².